The molecule has 3 aromatic rings. The van der Waals surface area contributed by atoms with Crippen molar-refractivity contribution < 1.29 is 13.2 Å². The van der Waals surface area contributed by atoms with Gasteiger partial charge in [0.25, 0.3) is 0 Å². The lowest BCUT2D eigenvalue weighted by molar-refractivity contribution is 0.104. The van der Waals surface area contributed by atoms with E-state index in [1.165, 1.54) is 28.7 Å². The lowest BCUT2D eigenvalue weighted by Crippen LogP contribution is -2.23. The van der Waals surface area contributed by atoms with Crippen molar-refractivity contribution in [3.8, 4) is 0 Å². The van der Waals surface area contributed by atoms with Crippen molar-refractivity contribution in [3.05, 3.63) is 73.1 Å². The van der Waals surface area contributed by atoms with Gasteiger partial charge < -0.3 is 0 Å². The van der Waals surface area contributed by atoms with E-state index in [0.29, 0.717) is 21.0 Å². The van der Waals surface area contributed by atoms with E-state index in [1.54, 1.807) is 42.6 Å². The minimum absolute atomic E-state index is 0.0500. The molecule has 1 aromatic carbocycles. The highest BCUT2D eigenvalue weighted by atomic mass is 35.5. The number of nitrogens with one attached hydrogen (secondary N) is 1. The quantitative estimate of drug-likeness (QED) is 0.608. The molecule has 0 unspecified atom stereocenters. The summed E-state index contributed by atoms with van der Waals surface area (Å²) in [6.07, 6.45) is 0. The van der Waals surface area contributed by atoms with Gasteiger partial charge in [-0.2, -0.15) is 11.3 Å². The van der Waals surface area contributed by atoms with Gasteiger partial charge in [-0.3, -0.25) is 4.79 Å². The Morgan fingerprint density at radius 3 is 2.72 bits per heavy atom. The van der Waals surface area contributed by atoms with Crippen LogP contribution in [0.5, 0.6) is 0 Å². The highest BCUT2D eigenvalue weighted by Crippen LogP contribution is 2.23. The molecule has 3 rings (SSSR count). The second-order valence-electron chi connectivity index (χ2n) is 5.34. The van der Waals surface area contributed by atoms with Crippen molar-refractivity contribution in [3.63, 3.8) is 0 Å². The van der Waals surface area contributed by atoms with Crippen LogP contribution in [-0.2, 0) is 16.6 Å². The number of ketones is 1. The molecule has 4 nitrogen and oxygen atoms in total. The molecular weight excluding hydrogens is 398 g/mol. The molecule has 0 bridgehead atoms. The van der Waals surface area contributed by atoms with Gasteiger partial charge in [0, 0.05) is 27.4 Å². The second-order valence-corrected chi connectivity index (χ2v) is 9.46. The third-order valence-corrected chi connectivity index (χ3v) is 7.09. The normalized spacial score (nSPS) is 11.6. The van der Waals surface area contributed by atoms with Crippen LogP contribution in [0.1, 0.15) is 25.7 Å². The first kappa shape index (κ1) is 18.3. The van der Waals surface area contributed by atoms with Crippen LogP contribution in [0.25, 0.3) is 0 Å². The molecule has 0 saturated heterocycles. The molecule has 8 heteroatoms. The maximum absolute atomic E-state index is 12.5. The van der Waals surface area contributed by atoms with Gasteiger partial charge in [0.2, 0.25) is 15.8 Å². The first-order valence-electron chi connectivity index (χ1n) is 7.28. The van der Waals surface area contributed by atoms with E-state index < -0.39 is 10.0 Å². The highest BCUT2D eigenvalue weighted by molar-refractivity contribution is 7.89. The standard InChI is InChI=1S/C17H14ClNO3S3/c1-11-2-3-13(18)8-16(11)25(21,22)19-9-14-4-5-15(24-14)17(20)12-6-7-23-10-12/h2-8,10,19H,9H2,1H3. The number of benzene rings is 1. The Balaban J connectivity index is 1.74. The third kappa shape index (κ3) is 4.19. The van der Waals surface area contributed by atoms with Gasteiger partial charge >= 0.3 is 0 Å². The van der Waals surface area contributed by atoms with E-state index in [-0.39, 0.29) is 17.2 Å². The Morgan fingerprint density at radius 2 is 2.00 bits per heavy atom. The van der Waals surface area contributed by atoms with Gasteiger partial charge in [-0.1, -0.05) is 17.7 Å². The highest BCUT2D eigenvalue weighted by Gasteiger charge is 2.18. The predicted octanol–water partition coefficient (Wildman–Crippen LogP) is 4.48. The number of aryl methyl sites for hydroxylation is 1. The maximum Gasteiger partial charge on any atom is 0.241 e. The third-order valence-electron chi connectivity index (χ3n) is 3.54. The molecular formula is C17H14ClNO3S3. The SMILES string of the molecule is Cc1ccc(Cl)cc1S(=O)(=O)NCc1ccc(C(=O)c2ccsc2)s1. The summed E-state index contributed by atoms with van der Waals surface area (Å²) in [5, 5.41) is 4.01. The summed E-state index contributed by atoms with van der Waals surface area (Å²) >= 11 is 8.65. The number of halogens is 1. The second kappa shape index (κ2) is 7.39. The Hall–Kier alpha value is -1.51. The van der Waals surface area contributed by atoms with Gasteiger partial charge in [-0.15, -0.1) is 11.3 Å². The molecule has 0 fully saturated rings. The average molecular weight is 412 g/mol. The average Bonchev–Trinajstić information content (AvgIpc) is 3.26. The Morgan fingerprint density at radius 1 is 1.20 bits per heavy atom. The molecule has 25 heavy (non-hydrogen) atoms. The number of sulfonamides is 1. The zero-order chi connectivity index (χ0) is 18.0. The largest absolute Gasteiger partial charge is 0.288 e. The van der Waals surface area contributed by atoms with Gasteiger partial charge in [-0.05, 0) is 48.2 Å². The first-order chi connectivity index (χ1) is 11.9. The lowest BCUT2D eigenvalue weighted by Gasteiger charge is -2.09. The fraction of sp³-hybridized carbons (Fsp3) is 0.118. The summed E-state index contributed by atoms with van der Waals surface area (Å²) in [6.45, 7) is 1.84. The smallest absolute Gasteiger partial charge is 0.241 e. The summed E-state index contributed by atoms with van der Waals surface area (Å²) in [5.74, 6) is -0.0500. The summed E-state index contributed by atoms with van der Waals surface area (Å²) < 4.78 is 27.5. The van der Waals surface area contributed by atoms with Crippen LogP contribution in [0.4, 0.5) is 0 Å². The van der Waals surface area contributed by atoms with Crippen molar-refractivity contribution in [2.24, 2.45) is 0 Å². The van der Waals surface area contributed by atoms with E-state index in [0.717, 1.165) is 4.88 Å². The maximum atomic E-state index is 12.5. The predicted molar refractivity (Wildman–Crippen MR) is 102 cm³/mol. The van der Waals surface area contributed by atoms with Crippen molar-refractivity contribution >= 4 is 50.1 Å². The van der Waals surface area contributed by atoms with E-state index in [9.17, 15) is 13.2 Å². The molecule has 130 valence electrons. The minimum atomic E-state index is -3.68. The van der Waals surface area contributed by atoms with Crippen LogP contribution in [0, 0.1) is 6.92 Å². The fourth-order valence-corrected chi connectivity index (χ4v) is 5.39. The molecule has 0 aliphatic heterocycles. The number of hydrogen-bond acceptors (Lipinski definition) is 5. The molecule has 0 amide bonds. The van der Waals surface area contributed by atoms with Gasteiger partial charge in [0.1, 0.15) is 0 Å². The zero-order valence-electron chi connectivity index (χ0n) is 13.2. The Kier molecular flexibility index (Phi) is 5.41. The van der Waals surface area contributed by atoms with Crippen molar-refractivity contribution in [1.29, 1.82) is 0 Å². The molecule has 0 aliphatic rings. The topological polar surface area (TPSA) is 63.2 Å². The number of carbonyl (C=O) groups is 1. The van der Waals surface area contributed by atoms with E-state index >= 15 is 0 Å². The van der Waals surface area contributed by atoms with Gasteiger partial charge in [0.15, 0.2) is 0 Å². The molecule has 1 N–H and O–H groups in total. The van der Waals surface area contributed by atoms with Crippen LogP contribution in [0.3, 0.4) is 0 Å². The first-order valence-corrected chi connectivity index (χ1v) is 10.9. The van der Waals surface area contributed by atoms with Crippen molar-refractivity contribution in [2.45, 2.75) is 18.4 Å². The van der Waals surface area contributed by atoms with Crippen LogP contribution in [0.15, 0.2) is 52.1 Å². The zero-order valence-corrected chi connectivity index (χ0v) is 16.4. The van der Waals surface area contributed by atoms with Crippen LogP contribution in [0.2, 0.25) is 5.02 Å². The minimum Gasteiger partial charge on any atom is -0.288 e. The summed E-state index contributed by atoms with van der Waals surface area (Å²) in [7, 11) is -3.68. The molecule has 2 heterocycles. The molecule has 0 aliphatic carbocycles. The molecule has 0 radical (unpaired) electrons. The number of hydrogen-bond donors (Lipinski definition) is 1. The molecule has 0 spiro atoms. The number of carbonyl (C=O) groups excluding carboxylic acids is 1. The van der Waals surface area contributed by atoms with Crippen molar-refractivity contribution in [2.75, 3.05) is 0 Å². The summed E-state index contributed by atoms with van der Waals surface area (Å²) in [4.78, 5) is 13.8. The van der Waals surface area contributed by atoms with Crippen LogP contribution in [-0.4, -0.2) is 14.2 Å². The molecule has 0 saturated carbocycles. The van der Waals surface area contributed by atoms with Gasteiger partial charge in [-0.25, -0.2) is 13.1 Å². The summed E-state index contributed by atoms with van der Waals surface area (Å²) in [5.41, 5.74) is 1.27. The van der Waals surface area contributed by atoms with E-state index in [4.69, 9.17) is 11.6 Å². The summed E-state index contributed by atoms with van der Waals surface area (Å²) in [6, 6.07) is 10.0. The van der Waals surface area contributed by atoms with Crippen molar-refractivity contribution in [1.82, 2.24) is 4.72 Å². The van der Waals surface area contributed by atoms with E-state index in [1.807, 2.05) is 5.38 Å². The van der Waals surface area contributed by atoms with Gasteiger partial charge in [0.05, 0.1) is 9.77 Å². The lowest BCUT2D eigenvalue weighted by atomic mass is 10.2. The Bertz CT molecular complexity index is 1010. The van der Waals surface area contributed by atoms with Crippen LogP contribution >= 0.6 is 34.3 Å². The fourth-order valence-electron chi connectivity index (χ4n) is 2.24. The Labute approximate surface area is 159 Å². The molecule has 2 aromatic heterocycles. The monoisotopic (exact) mass is 411 g/mol. The number of rotatable bonds is 6. The van der Waals surface area contributed by atoms with E-state index in [2.05, 4.69) is 4.72 Å². The molecule has 0 atom stereocenters. The van der Waals surface area contributed by atoms with Crippen LogP contribution < -0.4 is 4.72 Å². The number of thiophene rings is 2.